The summed E-state index contributed by atoms with van der Waals surface area (Å²) in [5, 5.41) is 0.670. The van der Waals surface area contributed by atoms with Crippen molar-refractivity contribution < 1.29 is 4.39 Å². The molecule has 2 aromatic carbocycles. The van der Waals surface area contributed by atoms with Crippen molar-refractivity contribution >= 4 is 34.2 Å². The zero-order valence-corrected chi connectivity index (χ0v) is 12.2. The number of hydrogen-bond donors (Lipinski definition) is 2. The summed E-state index contributed by atoms with van der Waals surface area (Å²) in [5.41, 5.74) is 4.65. The Bertz CT molecular complexity index is 545. The zero-order chi connectivity index (χ0) is 13.1. The molecule has 0 radical (unpaired) electrons. The number of hydrogen-bond acceptors (Lipinski definition) is 2. The van der Waals surface area contributed by atoms with Gasteiger partial charge in [-0.3, -0.25) is 5.84 Å². The number of hydrazine groups is 1. The van der Waals surface area contributed by atoms with Crippen LogP contribution in [0.2, 0.25) is 5.02 Å². The van der Waals surface area contributed by atoms with Crippen LogP contribution in [0.15, 0.2) is 42.5 Å². The summed E-state index contributed by atoms with van der Waals surface area (Å²) >= 11 is 7.95. The first-order chi connectivity index (χ1) is 8.61. The summed E-state index contributed by atoms with van der Waals surface area (Å²) in [6.45, 7) is 0. The van der Waals surface area contributed by atoms with Crippen molar-refractivity contribution in [3.05, 3.63) is 68.0 Å². The molecule has 18 heavy (non-hydrogen) atoms. The van der Waals surface area contributed by atoms with Gasteiger partial charge in [-0.1, -0.05) is 29.8 Å². The van der Waals surface area contributed by atoms with Crippen LogP contribution in [0.4, 0.5) is 4.39 Å². The Balaban J connectivity index is 2.41. The first-order valence-corrected chi connectivity index (χ1v) is 6.74. The maximum atomic E-state index is 13.1. The number of nitrogens with one attached hydrogen (secondary N) is 1. The highest BCUT2D eigenvalue weighted by atomic mass is 127. The molecule has 0 saturated carbocycles. The van der Waals surface area contributed by atoms with E-state index in [1.807, 2.05) is 12.1 Å². The molecule has 0 spiro atoms. The van der Waals surface area contributed by atoms with Crippen molar-refractivity contribution in [1.82, 2.24) is 5.43 Å². The van der Waals surface area contributed by atoms with Crippen LogP contribution in [0, 0.1) is 9.39 Å². The van der Waals surface area contributed by atoms with Crippen LogP contribution in [0.3, 0.4) is 0 Å². The summed E-state index contributed by atoms with van der Waals surface area (Å²) in [6, 6.07) is 11.9. The van der Waals surface area contributed by atoms with Crippen molar-refractivity contribution in [2.75, 3.05) is 0 Å². The summed E-state index contributed by atoms with van der Waals surface area (Å²) in [6.07, 6.45) is 0. The second-order valence-corrected chi connectivity index (χ2v) is 5.42. The predicted octanol–water partition coefficient (Wildman–Crippen LogP) is 3.64. The summed E-state index contributed by atoms with van der Waals surface area (Å²) in [7, 11) is 0. The molecule has 0 aliphatic heterocycles. The van der Waals surface area contributed by atoms with Crippen molar-refractivity contribution in [3.8, 4) is 0 Å². The number of nitrogens with two attached hydrogens (primary N) is 1. The minimum atomic E-state index is -0.255. The quantitative estimate of drug-likeness (QED) is 0.488. The van der Waals surface area contributed by atoms with E-state index in [1.165, 1.54) is 12.1 Å². The van der Waals surface area contributed by atoms with E-state index in [2.05, 4.69) is 28.0 Å². The van der Waals surface area contributed by atoms with E-state index in [0.29, 0.717) is 5.02 Å². The molecule has 2 rings (SSSR count). The minimum absolute atomic E-state index is 0.185. The lowest BCUT2D eigenvalue weighted by atomic mass is 9.99. The van der Waals surface area contributed by atoms with E-state index < -0.39 is 0 Å². The first kappa shape index (κ1) is 13.7. The fourth-order valence-electron chi connectivity index (χ4n) is 1.76. The highest BCUT2D eigenvalue weighted by Crippen LogP contribution is 2.27. The van der Waals surface area contributed by atoms with Gasteiger partial charge in [-0.25, -0.2) is 9.82 Å². The third-order valence-corrected chi connectivity index (χ3v) is 3.83. The van der Waals surface area contributed by atoms with Gasteiger partial charge in [-0.2, -0.15) is 0 Å². The summed E-state index contributed by atoms with van der Waals surface area (Å²) in [4.78, 5) is 0. The topological polar surface area (TPSA) is 38.0 Å². The molecule has 94 valence electrons. The Hall–Kier alpha value is -0.690. The first-order valence-electron chi connectivity index (χ1n) is 5.28. The molecule has 0 aromatic heterocycles. The van der Waals surface area contributed by atoms with Gasteiger partial charge in [-0.05, 0) is 58.0 Å². The molecule has 2 nitrogen and oxygen atoms in total. The highest BCUT2D eigenvalue weighted by Gasteiger charge is 2.15. The molecule has 3 N–H and O–H groups in total. The standard InChI is InChI=1S/C13H11ClFIN2/c14-9-3-1-8(2-4-9)13(18-17)11-6-5-10(15)7-12(11)16/h1-7,13,18H,17H2. The summed E-state index contributed by atoms with van der Waals surface area (Å²) in [5.74, 6) is 5.35. The van der Waals surface area contributed by atoms with Crippen LogP contribution in [0.1, 0.15) is 17.2 Å². The molecule has 0 saturated heterocycles. The van der Waals surface area contributed by atoms with Crippen molar-refractivity contribution in [2.24, 2.45) is 5.84 Å². The van der Waals surface area contributed by atoms with Gasteiger partial charge < -0.3 is 0 Å². The third-order valence-electron chi connectivity index (χ3n) is 2.64. The van der Waals surface area contributed by atoms with Gasteiger partial charge >= 0.3 is 0 Å². The molecule has 1 atom stereocenters. The molecular weight excluding hydrogens is 366 g/mol. The van der Waals surface area contributed by atoms with Gasteiger partial charge in [0.15, 0.2) is 0 Å². The molecule has 0 amide bonds. The molecular formula is C13H11ClFIN2. The van der Waals surface area contributed by atoms with Crippen LogP contribution in [0.25, 0.3) is 0 Å². The lowest BCUT2D eigenvalue weighted by Crippen LogP contribution is -2.29. The molecule has 0 fully saturated rings. The molecule has 0 aliphatic rings. The van der Waals surface area contributed by atoms with E-state index in [9.17, 15) is 4.39 Å². The van der Waals surface area contributed by atoms with E-state index in [0.717, 1.165) is 14.7 Å². The zero-order valence-electron chi connectivity index (χ0n) is 9.33. The van der Waals surface area contributed by atoms with Crippen LogP contribution in [-0.2, 0) is 0 Å². The Labute approximate surface area is 123 Å². The smallest absolute Gasteiger partial charge is 0.124 e. The van der Waals surface area contributed by atoms with E-state index in [4.69, 9.17) is 17.4 Å². The summed E-state index contributed by atoms with van der Waals surface area (Å²) < 4.78 is 13.9. The number of benzene rings is 2. The lowest BCUT2D eigenvalue weighted by molar-refractivity contribution is 0.612. The lowest BCUT2D eigenvalue weighted by Gasteiger charge is -2.18. The fourth-order valence-corrected chi connectivity index (χ4v) is 2.67. The minimum Gasteiger partial charge on any atom is -0.271 e. The average Bonchev–Trinajstić information content (AvgIpc) is 2.35. The molecule has 0 aliphatic carbocycles. The Morgan fingerprint density at radius 1 is 1.17 bits per heavy atom. The fraction of sp³-hybridized carbons (Fsp3) is 0.0769. The predicted molar refractivity (Wildman–Crippen MR) is 79.7 cm³/mol. The average molecular weight is 377 g/mol. The Morgan fingerprint density at radius 3 is 2.39 bits per heavy atom. The van der Waals surface area contributed by atoms with Crippen molar-refractivity contribution in [2.45, 2.75) is 6.04 Å². The third kappa shape index (κ3) is 3.00. The highest BCUT2D eigenvalue weighted by molar-refractivity contribution is 14.1. The van der Waals surface area contributed by atoms with E-state index in [-0.39, 0.29) is 11.9 Å². The van der Waals surface area contributed by atoms with Crippen LogP contribution < -0.4 is 11.3 Å². The van der Waals surface area contributed by atoms with Gasteiger partial charge in [0, 0.05) is 8.59 Å². The van der Waals surface area contributed by atoms with Gasteiger partial charge in [0.05, 0.1) is 6.04 Å². The van der Waals surface area contributed by atoms with Gasteiger partial charge in [0.2, 0.25) is 0 Å². The monoisotopic (exact) mass is 376 g/mol. The number of rotatable bonds is 3. The van der Waals surface area contributed by atoms with Gasteiger partial charge in [0.1, 0.15) is 5.82 Å². The maximum Gasteiger partial charge on any atom is 0.124 e. The van der Waals surface area contributed by atoms with Gasteiger partial charge in [0.25, 0.3) is 0 Å². The Kier molecular flexibility index (Phi) is 4.55. The molecule has 0 bridgehead atoms. The molecule has 2 aromatic rings. The van der Waals surface area contributed by atoms with Crippen molar-refractivity contribution in [3.63, 3.8) is 0 Å². The molecule has 5 heteroatoms. The maximum absolute atomic E-state index is 13.1. The second kappa shape index (κ2) is 5.97. The Morgan fingerprint density at radius 2 is 1.83 bits per heavy atom. The van der Waals surface area contributed by atoms with Crippen LogP contribution in [0.5, 0.6) is 0 Å². The normalized spacial score (nSPS) is 12.4. The van der Waals surface area contributed by atoms with Crippen molar-refractivity contribution in [1.29, 1.82) is 0 Å². The second-order valence-electron chi connectivity index (χ2n) is 3.82. The van der Waals surface area contributed by atoms with E-state index in [1.54, 1.807) is 18.2 Å². The largest absolute Gasteiger partial charge is 0.271 e. The SMILES string of the molecule is NNC(c1ccc(Cl)cc1)c1ccc(F)cc1I. The van der Waals surface area contributed by atoms with Crippen LogP contribution >= 0.6 is 34.2 Å². The van der Waals surface area contributed by atoms with Gasteiger partial charge in [-0.15, -0.1) is 0 Å². The molecule has 0 heterocycles. The molecule has 1 unspecified atom stereocenters. The van der Waals surface area contributed by atoms with E-state index >= 15 is 0 Å². The van der Waals surface area contributed by atoms with Crippen LogP contribution in [-0.4, -0.2) is 0 Å². The number of halogens is 3.